The van der Waals surface area contributed by atoms with E-state index in [4.69, 9.17) is 10.5 Å². The molecule has 10 heteroatoms. The molecule has 39 heavy (non-hydrogen) atoms. The van der Waals surface area contributed by atoms with E-state index in [1.807, 2.05) is 6.92 Å². The van der Waals surface area contributed by atoms with Gasteiger partial charge in [-0.3, -0.25) is 14.4 Å². The number of benzene rings is 1. The normalized spacial score (nSPS) is 20.8. The summed E-state index contributed by atoms with van der Waals surface area (Å²) in [5, 5.41) is 15.9. The number of hydrogen-bond donors (Lipinski definition) is 4. The first-order chi connectivity index (χ1) is 18.3. The summed E-state index contributed by atoms with van der Waals surface area (Å²) in [6.45, 7) is 8.88. The van der Waals surface area contributed by atoms with E-state index in [1.54, 1.807) is 44.7 Å². The van der Waals surface area contributed by atoms with Crippen molar-refractivity contribution in [2.45, 2.75) is 116 Å². The highest BCUT2D eigenvalue weighted by Crippen LogP contribution is 2.41. The average Bonchev–Trinajstić information content (AvgIpc) is 3.56. The third kappa shape index (κ3) is 8.60. The van der Waals surface area contributed by atoms with Gasteiger partial charge in [0.1, 0.15) is 23.4 Å². The van der Waals surface area contributed by atoms with E-state index in [0.717, 1.165) is 32.1 Å². The molecule has 2 aliphatic carbocycles. The average molecular weight is 545 g/mol. The summed E-state index contributed by atoms with van der Waals surface area (Å²) in [6.07, 6.45) is 4.70. The van der Waals surface area contributed by atoms with E-state index in [9.17, 15) is 24.3 Å². The Morgan fingerprint density at radius 1 is 1.15 bits per heavy atom. The van der Waals surface area contributed by atoms with Crippen LogP contribution >= 0.6 is 0 Å². The van der Waals surface area contributed by atoms with E-state index < -0.39 is 35.6 Å². The summed E-state index contributed by atoms with van der Waals surface area (Å²) in [4.78, 5) is 54.0. The summed E-state index contributed by atoms with van der Waals surface area (Å²) in [6, 6.07) is 2.58. The third-order valence-corrected chi connectivity index (χ3v) is 7.36. The Bertz CT molecular complexity index is 1060. The Kier molecular flexibility index (Phi) is 9.85. The largest absolute Gasteiger partial charge is 0.508 e. The van der Waals surface area contributed by atoms with Crippen molar-refractivity contribution in [1.82, 2.24) is 15.5 Å². The highest BCUT2D eigenvalue weighted by molar-refractivity contribution is 5.93. The molecule has 0 heterocycles. The number of rotatable bonds is 10. The zero-order chi connectivity index (χ0) is 28.9. The van der Waals surface area contributed by atoms with E-state index in [1.165, 1.54) is 6.07 Å². The zero-order valence-electron chi connectivity index (χ0n) is 23.8. The summed E-state index contributed by atoms with van der Waals surface area (Å²) >= 11 is 0. The van der Waals surface area contributed by atoms with Crippen molar-refractivity contribution in [3.63, 3.8) is 0 Å². The predicted molar refractivity (Wildman–Crippen MR) is 147 cm³/mol. The van der Waals surface area contributed by atoms with Gasteiger partial charge >= 0.3 is 6.09 Å². The van der Waals surface area contributed by atoms with Crippen LogP contribution in [0, 0.1) is 12.8 Å². The van der Waals surface area contributed by atoms with Gasteiger partial charge < -0.3 is 31.1 Å². The number of aromatic hydroxyl groups is 1. The molecule has 4 unspecified atom stereocenters. The molecule has 216 valence electrons. The molecule has 0 radical (unpaired) electrons. The maximum atomic E-state index is 14.2. The molecule has 0 bridgehead atoms. The SMILES string of the molecule is Cc1cc(C(C(=O)NC2CCCCC2)N(C(=O)C(CCC(N)=O)NC(=O)OC(C)(C)C)C2CC2C)ccc1O. The molecule has 0 aromatic heterocycles. The number of carbonyl (C=O) groups excluding carboxylic acids is 4. The van der Waals surface area contributed by atoms with E-state index in [-0.39, 0.29) is 42.5 Å². The van der Waals surface area contributed by atoms with Crippen LogP contribution in [0.4, 0.5) is 4.79 Å². The molecule has 4 amide bonds. The van der Waals surface area contributed by atoms with Gasteiger partial charge in [-0.15, -0.1) is 0 Å². The lowest BCUT2D eigenvalue weighted by molar-refractivity contribution is -0.144. The summed E-state index contributed by atoms with van der Waals surface area (Å²) in [5.74, 6) is -1.15. The van der Waals surface area contributed by atoms with Crippen molar-refractivity contribution in [3.8, 4) is 5.75 Å². The molecule has 10 nitrogen and oxygen atoms in total. The Balaban J connectivity index is 1.99. The number of nitrogens with one attached hydrogen (secondary N) is 2. The maximum absolute atomic E-state index is 14.2. The van der Waals surface area contributed by atoms with Crippen LogP contribution < -0.4 is 16.4 Å². The van der Waals surface area contributed by atoms with Gasteiger partial charge in [0.05, 0.1) is 0 Å². The molecule has 3 rings (SSSR count). The number of primary amides is 1. The first-order valence-electron chi connectivity index (χ1n) is 14.0. The van der Waals surface area contributed by atoms with Crippen molar-refractivity contribution in [2.24, 2.45) is 11.7 Å². The number of hydrogen-bond acceptors (Lipinski definition) is 6. The number of alkyl carbamates (subject to hydrolysis) is 1. The summed E-state index contributed by atoms with van der Waals surface area (Å²) in [7, 11) is 0. The van der Waals surface area contributed by atoms with Crippen molar-refractivity contribution < 1.29 is 29.0 Å². The summed E-state index contributed by atoms with van der Waals surface area (Å²) < 4.78 is 5.38. The maximum Gasteiger partial charge on any atom is 0.408 e. The van der Waals surface area contributed by atoms with Gasteiger partial charge in [-0.05, 0) is 82.6 Å². The molecule has 5 N–H and O–H groups in total. The van der Waals surface area contributed by atoms with Crippen LogP contribution in [0.1, 0.15) is 96.2 Å². The van der Waals surface area contributed by atoms with Gasteiger partial charge in [0.2, 0.25) is 17.7 Å². The molecular weight excluding hydrogens is 500 g/mol. The van der Waals surface area contributed by atoms with Crippen molar-refractivity contribution >= 4 is 23.8 Å². The van der Waals surface area contributed by atoms with Crippen LogP contribution in [-0.4, -0.2) is 57.5 Å². The Labute approximate surface area is 231 Å². The second kappa shape index (κ2) is 12.7. The minimum atomic E-state index is -1.12. The second-order valence-corrected chi connectivity index (χ2v) is 12.0. The first kappa shape index (κ1) is 30.2. The number of aryl methyl sites for hydroxylation is 1. The standard InChI is InChI=1S/C29H44N4O6/c1-17-16-22(17)33(27(37)21(12-14-24(30)35)32-28(38)39-29(3,4)5)25(19-11-13-23(34)18(2)15-19)26(36)31-20-9-7-6-8-10-20/h11,13,15,17,20-22,25,34H,6-10,12,14,16H2,1-5H3,(H2,30,35)(H,31,36)(H,32,38). The highest BCUT2D eigenvalue weighted by Gasteiger charge is 2.48. The molecule has 1 aromatic rings. The lowest BCUT2D eigenvalue weighted by Crippen LogP contribution is -2.55. The lowest BCUT2D eigenvalue weighted by atomic mass is 9.94. The first-order valence-corrected chi connectivity index (χ1v) is 14.0. The number of amides is 4. The van der Waals surface area contributed by atoms with Crippen LogP contribution in [0.5, 0.6) is 5.75 Å². The van der Waals surface area contributed by atoms with Gasteiger partial charge in [0.25, 0.3) is 0 Å². The van der Waals surface area contributed by atoms with Gasteiger partial charge in [0.15, 0.2) is 0 Å². The molecule has 2 fully saturated rings. The number of phenolic OH excluding ortho intramolecular Hbond substituents is 1. The fourth-order valence-corrected chi connectivity index (χ4v) is 5.16. The molecular formula is C29H44N4O6. The molecule has 2 aliphatic rings. The number of nitrogens with two attached hydrogens (primary N) is 1. The van der Waals surface area contributed by atoms with Crippen LogP contribution in [-0.2, 0) is 19.1 Å². The highest BCUT2D eigenvalue weighted by atomic mass is 16.6. The summed E-state index contributed by atoms with van der Waals surface area (Å²) in [5.41, 5.74) is 5.74. The van der Waals surface area contributed by atoms with Crippen molar-refractivity contribution in [1.29, 1.82) is 0 Å². The fraction of sp³-hybridized carbons (Fsp3) is 0.655. The number of ether oxygens (including phenoxy) is 1. The minimum absolute atomic E-state index is 0.0195. The van der Waals surface area contributed by atoms with Gasteiger partial charge in [0, 0.05) is 18.5 Å². The molecule has 4 atom stereocenters. The Morgan fingerprint density at radius 3 is 2.33 bits per heavy atom. The van der Waals surface area contributed by atoms with Gasteiger partial charge in [-0.1, -0.05) is 32.3 Å². The van der Waals surface area contributed by atoms with Crippen LogP contribution in [0.3, 0.4) is 0 Å². The minimum Gasteiger partial charge on any atom is -0.508 e. The van der Waals surface area contributed by atoms with Crippen molar-refractivity contribution in [2.75, 3.05) is 0 Å². The fourth-order valence-electron chi connectivity index (χ4n) is 5.16. The van der Waals surface area contributed by atoms with Crippen molar-refractivity contribution in [3.05, 3.63) is 29.3 Å². The second-order valence-electron chi connectivity index (χ2n) is 12.0. The number of phenols is 1. The predicted octanol–water partition coefficient (Wildman–Crippen LogP) is 3.59. The number of nitrogens with zero attached hydrogens (tertiary/aromatic N) is 1. The quantitative estimate of drug-likeness (QED) is 0.353. The van der Waals surface area contributed by atoms with Crippen LogP contribution in [0.15, 0.2) is 18.2 Å². The molecule has 2 saturated carbocycles. The van der Waals surface area contributed by atoms with E-state index in [0.29, 0.717) is 17.5 Å². The third-order valence-electron chi connectivity index (χ3n) is 7.36. The van der Waals surface area contributed by atoms with Gasteiger partial charge in [-0.2, -0.15) is 0 Å². The smallest absolute Gasteiger partial charge is 0.408 e. The molecule has 1 aromatic carbocycles. The topological polar surface area (TPSA) is 151 Å². The zero-order valence-corrected chi connectivity index (χ0v) is 23.8. The van der Waals surface area contributed by atoms with Crippen LogP contribution in [0.25, 0.3) is 0 Å². The van der Waals surface area contributed by atoms with Crippen LogP contribution in [0.2, 0.25) is 0 Å². The molecule has 0 saturated heterocycles. The lowest BCUT2D eigenvalue weighted by Gasteiger charge is -2.36. The Hall–Kier alpha value is -3.30. The van der Waals surface area contributed by atoms with E-state index >= 15 is 0 Å². The van der Waals surface area contributed by atoms with E-state index in [2.05, 4.69) is 10.6 Å². The van der Waals surface area contributed by atoms with Gasteiger partial charge in [-0.25, -0.2) is 4.79 Å². The molecule has 0 spiro atoms. The number of carbonyl (C=O) groups is 4. The Morgan fingerprint density at radius 2 is 1.79 bits per heavy atom. The monoisotopic (exact) mass is 544 g/mol. The molecule has 0 aliphatic heterocycles.